The molecule has 1 atom stereocenters. The van der Waals surface area contributed by atoms with Crippen LogP contribution in [-0.4, -0.2) is 52.7 Å². The first-order chi connectivity index (χ1) is 18.1. The predicted molar refractivity (Wildman–Crippen MR) is 148 cm³/mol. The first kappa shape index (κ1) is 26.6. The number of aryl methyl sites for hydroxylation is 2. The summed E-state index contributed by atoms with van der Waals surface area (Å²) in [5.41, 5.74) is 5.24. The second-order valence-electron chi connectivity index (χ2n) is 9.32. The molecule has 0 radical (unpaired) electrons. The highest BCUT2D eigenvalue weighted by Gasteiger charge is 2.23. The number of rotatable bonds is 13. The Morgan fingerprint density at radius 3 is 2.27 bits per heavy atom. The van der Waals surface area contributed by atoms with Crippen LogP contribution in [0, 0.1) is 6.92 Å². The summed E-state index contributed by atoms with van der Waals surface area (Å²) in [6.45, 7) is 6.54. The van der Waals surface area contributed by atoms with Gasteiger partial charge in [0.05, 0.1) is 29.7 Å². The van der Waals surface area contributed by atoms with Gasteiger partial charge in [-0.3, -0.25) is 4.90 Å². The average molecular weight is 500 g/mol. The third-order valence-corrected chi connectivity index (χ3v) is 6.37. The van der Waals surface area contributed by atoms with Crippen LogP contribution < -0.4 is 4.74 Å². The van der Waals surface area contributed by atoms with Crippen molar-refractivity contribution < 1.29 is 14.6 Å². The van der Waals surface area contributed by atoms with Crippen molar-refractivity contribution in [3.05, 3.63) is 107 Å². The van der Waals surface area contributed by atoms with Gasteiger partial charge in [0.1, 0.15) is 5.75 Å². The van der Waals surface area contributed by atoms with Crippen LogP contribution in [0.25, 0.3) is 5.69 Å². The highest BCUT2D eigenvalue weighted by atomic mass is 16.5. The van der Waals surface area contributed by atoms with Crippen LogP contribution in [-0.2, 0) is 24.1 Å². The Labute approximate surface area is 220 Å². The van der Waals surface area contributed by atoms with E-state index in [1.54, 1.807) is 7.11 Å². The molecule has 6 heteroatoms. The molecule has 0 spiro atoms. The number of nitrogens with zero attached hydrogens (tertiary/aromatic N) is 3. The van der Waals surface area contributed by atoms with E-state index in [9.17, 15) is 5.11 Å². The van der Waals surface area contributed by atoms with Crippen LogP contribution in [0.5, 0.6) is 11.6 Å². The van der Waals surface area contributed by atoms with Crippen molar-refractivity contribution in [2.45, 2.75) is 39.3 Å². The summed E-state index contributed by atoms with van der Waals surface area (Å²) in [7, 11) is 1.70. The van der Waals surface area contributed by atoms with E-state index in [4.69, 9.17) is 14.6 Å². The molecule has 1 heterocycles. The molecule has 0 amide bonds. The second kappa shape index (κ2) is 13.2. The summed E-state index contributed by atoms with van der Waals surface area (Å²) in [5, 5.41) is 15.9. The monoisotopic (exact) mass is 499 g/mol. The maximum Gasteiger partial charge on any atom is 0.227 e. The molecule has 0 fully saturated rings. The molecule has 194 valence electrons. The number of hydrogen-bond acceptors (Lipinski definition) is 5. The molecular weight excluding hydrogens is 462 g/mol. The van der Waals surface area contributed by atoms with Crippen LogP contribution in [0.2, 0.25) is 0 Å². The van der Waals surface area contributed by atoms with E-state index in [1.165, 1.54) is 5.56 Å². The van der Waals surface area contributed by atoms with E-state index < -0.39 is 6.10 Å². The minimum absolute atomic E-state index is 0.505. The summed E-state index contributed by atoms with van der Waals surface area (Å²) in [6, 6.07) is 28.2. The number of ether oxygens (including phenoxy) is 2. The lowest BCUT2D eigenvalue weighted by molar-refractivity contribution is 0.0846. The molecule has 0 bridgehead atoms. The number of aliphatic hydroxyl groups is 1. The summed E-state index contributed by atoms with van der Waals surface area (Å²) in [4.78, 5) is 2.23. The van der Waals surface area contributed by atoms with E-state index in [0.717, 1.165) is 34.7 Å². The fourth-order valence-corrected chi connectivity index (χ4v) is 4.42. The molecule has 3 aromatic carbocycles. The lowest BCUT2D eigenvalue weighted by Gasteiger charge is -2.25. The predicted octanol–water partition coefficient (Wildman–Crippen LogP) is 5.59. The molecule has 1 N–H and O–H groups in total. The third-order valence-electron chi connectivity index (χ3n) is 6.37. The molecule has 0 saturated heterocycles. The van der Waals surface area contributed by atoms with Crippen molar-refractivity contribution in [1.29, 1.82) is 0 Å². The molecule has 4 rings (SSSR count). The second-order valence-corrected chi connectivity index (χ2v) is 9.32. The molecule has 0 saturated carbocycles. The Morgan fingerprint density at radius 1 is 0.946 bits per heavy atom. The van der Waals surface area contributed by atoms with Gasteiger partial charge >= 0.3 is 0 Å². The van der Waals surface area contributed by atoms with Crippen molar-refractivity contribution >= 4 is 0 Å². The zero-order valence-corrected chi connectivity index (χ0v) is 22.0. The summed E-state index contributed by atoms with van der Waals surface area (Å²) in [5.74, 6) is 1.46. The first-order valence-corrected chi connectivity index (χ1v) is 12.9. The van der Waals surface area contributed by atoms with Crippen LogP contribution in [0.1, 0.15) is 29.3 Å². The Bertz CT molecular complexity index is 1220. The largest absolute Gasteiger partial charge is 0.439 e. The number of benzene rings is 3. The molecule has 1 unspecified atom stereocenters. The molecule has 0 aliphatic rings. The zero-order valence-electron chi connectivity index (χ0n) is 22.0. The fourth-order valence-electron chi connectivity index (χ4n) is 4.42. The number of hydrogen-bond donors (Lipinski definition) is 1. The number of aliphatic hydroxyl groups excluding tert-OH is 1. The van der Waals surface area contributed by atoms with Crippen molar-refractivity contribution in [2.24, 2.45) is 0 Å². The molecule has 37 heavy (non-hydrogen) atoms. The molecule has 0 aliphatic carbocycles. The van der Waals surface area contributed by atoms with Crippen molar-refractivity contribution in [3.63, 3.8) is 0 Å². The van der Waals surface area contributed by atoms with Gasteiger partial charge in [0.2, 0.25) is 5.88 Å². The van der Waals surface area contributed by atoms with Crippen LogP contribution >= 0.6 is 0 Å². The van der Waals surface area contributed by atoms with Gasteiger partial charge in [0.25, 0.3) is 0 Å². The normalized spacial score (nSPS) is 12.1. The van der Waals surface area contributed by atoms with Gasteiger partial charge < -0.3 is 14.6 Å². The van der Waals surface area contributed by atoms with Gasteiger partial charge in [-0.25, -0.2) is 4.68 Å². The van der Waals surface area contributed by atoms with Gasteiger partial charge in [-0.05, 0) is 49.6 Å². The summed E-state index contributed by atoms with van der Waals surface area (Å²) >= 11 is 0. The van der Waals surface area contributed by atoms with Crippen LogP contribution in [0.3, 0.4) is 0 Å². The Kier molecular flexibility index (Phi) is 9.49. The molecular formula is C31H37N3O3. The van der Waals surface area contributed by atoms with Gasteiger partial charge in [0.15, 0.2) is 0 Å². The maximum absolute atomic E-state index is 11.0. The third kappa shape index (κ3) is 7.29. The van der Waals surface area contributed by atoms with Crippen LogP contribution in [0.15, 0.2) is 84.9 Å². The fraction of sp³-hybridized carbons (Fsp3) is 0.323. The topological polar surface area (TPSA) is 59.8 Å². The number of para-hydroxylation sites is 1. The standard InChI is InChI=1S/C31H37N3O3/c1-4-30-29(23-33(19-20-36-3)22-27(35)21-25-11-7-5-8-12-25)31(37-28-17-15-24(2)16-18-28)34(32-30)26-13-9-6-10-14-26/h5-18,27,35H,4,19-23H2,1-3H3. The lowest BCUT2D eigenvalue weighted by atomic mass is 10.1. The Balaban J connectivity index is 1.66. The zero-order chi connectivity index (χ0) is 26.0. The molecule has 0 aliphatic heterocycles. The Morgan fingerprint density at radius 2 is 1.62 bits per heavy atom. The smallest absolute Gasteiger partial charge is 0.227 e. The maximum atomic E-state index is 11.0. The highest BCUT2D eigenvalue weighted by molar-refractivity contribution is 5.44. The minimum atomic E-state index is -0.505. The minimum Gasteiger partial charge on any atom is -0.439 e. The summed E-state index contributed by atoms with van der Waals surface area (Å²) in [6.07, 6.45) is 0.861. The summed E-state index contributed by atoms with van der Waals surface area (Å²) < 4.78 is 13.8. The lowest BCUT2D eigenvalue weighted by Crippen LogP contribution is -2.35. The van der Waals surface area contributed by atoms with Crippen molar-refractivity contribution in [1.82, 2.24) is 14.7 Å². The highest BCUT2D eigenvalue weighted by Crippen LogP contribution is 2.32. The SMILES string of the molecule is CCc1nn(-c2ccccc2)c(Oc2ccc(C)cc2)c1CN(CCOC)CC(O)Cc1ccccc1. The molecule has 1 aromatic heterocycles. The van der Waals surface area contributed by atoms with Gasteiger partial charge in [-0.2, -0.15) is 5.10 Å². The van der Waals surface area contributed by atoms with Gasteiger partial charge in [-0.1, -0.05) is 73.2 Å². The van der Waals surface area contributed by atoms with E-state index in [-0.39, 0.29) is 0 Å². The van der Waals surface area contributed by atoms with E-state index >= 15 is 0 Å². The van der Waals surface area contributed by atoms with Gasteiger partial charge in [-0.15, -0.1) is 0 Å². The van der Waals surface area contributed by atoms with Crippen LogP contribution in [0.4, 0.5) is 0 Å². The van der Waals surface area contributed by atoms with Gasteiger partial charge in [0, 0.05) is 26.7 Å². The number of methoxy groups -OCH3 is 1. The van der Waals surface area contributed by atoms with E-state index in [0.29, 0.717) is 38.5 Å². The average Bonchev–Trinajstić information content (AvgIpc) is 3.26. The Hall–Kier alpha value is -3.45. The van der Waals surface area contributed by atoms with E-state index in [2.05, 4.69) is 30.9 Å². The molecule has 6 nitrogen and oxygen atoms in total. The molecule has 4 aromatic rings. The van der Waals surface area contributed by atoms with Crippen molar-refractivity contribution in [3.8, 4) is 17.3 Å². The quantitative estimate of drug-likeness (QED) is 0.260. The van der Waals surface area contributed by atoms with Crippen molar-refractivity contribution in [2.75, 3.05) is 26.8 Å². The first-order valence-electron chi connectivity index (χ1n) is 12.9. The number of aromatic nitrogens is 2. The van der Waals surface area contributed by atoms with E-state index in [1.807, 2.05) is 77.5 Å².